The summed E-state index contributed by atoms with van der Waals surface area (Å²) in [6.07, 6.45) is 0. The van der Waals surface area contributed by atoms with Gasteiger partial charge in [0, 0.05) is 9.35 Å². The van der Waals surface area contributed by atoms with Crippen molar-refractivity contribution in [1.29, 1.82) is 0 Å². The summed E-state index contributed by atoms with van der Waals surface area (Å²) < 4.78 is 2.01. The lowest BCUT2D eigenvalue weighted by Gasteiger charge is -2.01. The van der Waals surface area contributed by atoms with E-state index < -0.39 is 0 Å². The minimum Gasteiger partial charge on any atom is -0.346 e. The Morgan fingerprint density at radius 2 is 2.12 bits per heavy atom. The van der Waals surface area contributed by atoms with Gasteiger partial charge in [-0.2, -0.15) is 0 Å². The molecule has 0 aromatic carbocycles. The van der Waals surface area contributed by atoms with Crippen molar-refractivity contribution in [3.05, 3.63) is 41.6 Å². The van der Waals surface area contributed by atoms with Crippen LogP contribution < -0.4 is 5.32 Å². The number of amides is 1. The number of rotatable bonds is 3. The number of carbonyl (C=O) groups is 1. The highest BCUT2D eigenvalue weighted by Gasteiger charge is 2.09. The lowest BCUT2D eigenvalue weighted by molar-refractivity contribution is 0.0955. The minimum atomic E-state index is -0.0315. The second kappa shape index (κ2) is 5.44. The Bertz CT molecular complexity index is 506. The van der Waals surface area contributed by atoms with E-state index in [2.05, 4.69) is 37.2 Å². The van der Waals surface area contributed by atoms with Gasteiger partial charge in [0.1, 0.15) is 0 Å². The molecule has 84 valence electrons. The van der Waals surface area contributed by atoms with Crippen molar-refractivity contribution in [3.8, 4) is 0 Å². The molecule has 0 aliphatic heterocycles. The molecule has 0 bridgehead atoms. The van der Waals surface area contributed by atoms with Crippen molar-refractivity contribution in [2.45, 2.75) is 6.54 Å². The van der Waals surface area contributed by atoms with Crippen LogP contribution in [0.5, 0.6) is 0 Å². The summed E-state index contributed by atoms with van der Waals surface area (Å²) in [5, 5.41) is 4.88. The SMILES string of the molecule is O=C(NCc1sccc1Br)c1ccc(Br)s1. The molecule has 0 saturated heterocycles. The molecule has 0 spiro atoms. The van der Waals surface area contributed by atoms with E-state index in [0.717, 1.165) is 18.0 Å². The van der Waals surface area contributed by atoms with Crippen LogP contribution in [0.25, 0.3) is 0 Å². The third-order valence-electron chi connectivity index (χ3n) is 1.90. The number of nitrogens with one attached hydrogen (secondary N) is 1. The molecule has 0 aliphatic carbocycles. The fourth-order valence-corrected chi connectivity index (χ4v) is 3.87. The predicted octanol–water partition coefficient (Wildman–Crippen LogP) is 4.26. The van der Waals surface area contributed by atoms with Gasteiger partial charge in [-0.3, -0.25) is 4.79 Å². The third kappa shape index (κ3) is 2.94. The van der Waals surface area contributed by atoms with Gasteiger partial charge in [-0.15, -0.1) is 22.7 Å². The minimum absolute atomic E-state index is 0.0315. The van der Waals surface area contributed by atoms with Gasteiger partial charge in [0.25, 0.3) is 5.91 Å². The van der Waals surface area contributed by atoms with Crippen molar-refractivity contribution >= 4 is 60.4 Å². The Morgan fingerprint density at radius 1 is 1.31 bits per heavy atom. The molecule has 0 atom stereocenters. The molecule has 0 aliphatic rings. The molecule has 2 rings (SSSR count). The van der Waals surface area contributed by atoms with E-state index in [4.69, 9.17) is 0 Å². The summed E-state index contributed by atoms with van der Waals surface area (Å²) in [4.78, 5) is 13.6. The van der Waals surface area contributed by atoms with Gasteiger partial charge < -0.3 is 5.32 Å². The van der Waals surface area contributed by atoms with Crippen molar-refractivity contribution in [3.63, 3.8) is 0 Å². The monoisotopic (exact) mass is 379 g/mol. The van der Waals surface area contributed by atoms with Crippen LogP contribution in [0.4, 0.5) is 0 Å². The zero-order chi connectivity index (χ0) is 11.5. The van der Waals surface area contributed by atoms with Gasteiger partial charge in [-0.05, 0) is 55.4 Å². The largest absolute Gasteiger partial charge is 0.346 e. The molecule has 0 radical (unpaired) electrons. The molecule has 2 heterocycles. The maximum atomic E-state index is 11.7. The maximum Gasteiger partial charge on any atom is 0.261 e. The normalized spacial score (nSPS) is 10.4. The topological polar surface area (TPSA) is 29.1 Å². The molecular formula is C10H7Br2NOS2. The second-order valence-corrected chi connectivity index (χ2v) is 7.30. The second-order valence-electron chi connectivity index (χ2n) is 2.98. The number of halogens is 2. The zero-order valence-electron chi connectivity index (χ0n) is 8.00. The highest BCUT2D eigenvalue weighted by atomic mass is 79.9. The van der Waals surface area contributed by atoms with E-state index in [0.29, 0.717) is 6.54 Å². The van der Waals surface area contributed by atoms with E-state index in [1.165, 1.54) is 11.3 Å². The third-order valence-corrected chi connectivity index (χ3v) is 5.45. The summed E-state index contributed by atoms with van der Waals surface area (Å²) in [6.45, 7) is 0.562. The van der Waals surface area contributed by atoms with Crippen molar-refractivity contribution in [2.75, 3.05) is 0 Å². The fourth-order valence-electron chi connectivity index (χ4n) is 1.14. The Kier molecular flexibility index (Phi) is 4.18. The van der Waals surface area contributed by atoms with E-state index in [1.807, 2.05) is 23.6 Å². The lowest BCUT2D eigenvalue weighted by Crippen LogP contribution is -2.21. The van der Waals surface area contributed by atoms with E-state index in [9.17, 15) is 4.79 Å². The van der Waals surface area contributed by atoms with E-state index in [-0.39, 0.29) is 5.91 Å². The van der Waals surface area contributed by atoms with E-state index in [1.54, 1.807) is 11.3 Å². The molecule has 0 unspecified atom stereocenters. The quantitative estimate of drug-likeness (QED) is 0.846. The average molecular weight is 381 g/mol. The van der Waals surface area contributed by atoms with Crippen molar-refractivity contribution in [2.24, 2.45) is 0 Å². The summed E-state index contributed by atoms with van der Waals surface area (Å²) in [7, 11) is 0. The Balaban J connectivity index is 1.96. The number of hydrogen-bond acceptors (Lipinski definition) is 3. The summed E-state index contributed by atoms with van der Waals surface area (Å²) in [5.74, 6) is -0.0315. The summed E-state index contributed by atoms with van der Waals surface area (Å²) >= 11 is 9.82. The van der Waals surface area contributed by atoms with Crippen molar-refractivity contribution < 1.29 is 4.79 Å². The molecule has 0 saturated carbocycles. The highest BCUT2D eigenvalue weighted by molar-refractivity contribution is 9.11. The van der Waals surface area contributed by atoms with Crippen LogP contribution in [0.2, 0.25) is 0 Å². The van der Waals surface area contributed by atoms with Crippen LogP contribution in [-0.4, -0.2) is 5.91 Å². The molecular weight excluding hydrogens is 374 g/mol. The molecule has 1 amide bonds. The smallest absolute Gasteiger partial charge is 0.261 e. The van der Waals surface area contributed by atoms with Crippen LogP contribution >= 0.6 is 54.5 Å². The summed E-state index contributed by atoms with van der Waals surface area (Å²) in [6, 6.07) is 5.67. The zero-order valence-corrected chi connectivity index (χ0v) is 12.8. The Morgan fingerprint density at radius 3 is 2.69 bits per heavy atom. The predicted molar refractivity (Wildman–Crippen MR) is 75.2 cm³/mol. The van der Waals surface area contributed by atoms with Gasteiger partial charge in [0.05, 0.1) is 15.2 Å². The Hall–Kier alpha value is -0.170. The highest BCUT2D eigenvalue weighted by Crippen LogP contribution is 2.24. The standard InChI is InChI=1S/C10H7Br2NOS2/c11-6-3-4-15-8(6)5-13-10(14)7-1-2-9(12)16-7/h1-4H,5H2,(H,13,14). The van der Waals surface area contributed by atoms with Crippen LogP contribution in [0, 0.1) is 0 Å². The molecule has 1 N–H and O–H groups in total. The van der Waals surface area contributed by atoms with Gasteiger partial charge >= 0.3 is 0 Å². The number of hydrogen-bond donors (Lipinski definition) is 1. The number of thiophene rings is 2. The molecule has 2 aromatic rings. The van der Waals surface area contributed by atoms with Gasteiger partial charge in [-0.25, -0.2) is 0 Å². The lowest BCUT2D eigenvalue weighted by atomic mass is 10.4. The summed E-state index contributed by atoms with van der Waals surface area (Å²) in [5.41, 5.74) is 0. The average Bonchev–Trinajstić information content (AvgIpc) is 2.84. The molecule has 6 heteroatoms. The first kappa shape index (κ1) is 12.3. The number of carbonyl (C=O) groups excluding carboxylic acids is 1. The van der Waals surface area contributed by atoms with Crippen LogP contribution in [0.1, 0.15) is 14.5 Å². The van der Waals surface area contributed by atoms with Crippen LogP contribution in [-0.2, 0) is 6.54 Å². The first-order valence-electron chi connectivity index (χ1n) is 4.42. The van der Waals surface area contributed by atoms with Gasteiger partial charge in [0.2, 0.25) is 0 Å². The molecule has 16 heavy (non-hydrogen) atoms. The maximum absolute atomic E-state index is 11.7. The van der Waals surface area contributed by atoms with Gasteiger partial charge in [-0.1, -0.05) is 0 Å². The van der Waals surface area contributed by atoms with Crippen LogP contribution in [0.3, 0.4) is 0 Å². The molecule has 0 fully saturated rings. The Labute approximate surface area is 118 Å². The first-order valence-corrected chi connectivity index (χ1v) is 7.70. The fraction of sp³-hybridized carbons (Fsp3) is 0.100. The molecule has 2 aromatic heterocycles. The van der Waals surface area contributed by atoms with Crippen molar-refractivity contribution in [1.82, 2.24) is 5.32 Å². The van der Waals surface area contributed by atoms with Crippen LogP contribution in [0.15, 0.2) is 31.8 Å². The molecule has 2 nitrogen and oxygen atoms in total. The van der Waals surface area contributed by atoms with E-state index >= 15 is 0 Å². The first-order chi connectivity index (χ1) is 7.66. The van der Waals surface area contributed by atoms with Gasteiger partial charge in [0.15, 0.2) is 0 Å².